The Morgan fingerprint density at radius 1 is 1.38 bits per heavy atom. The van der Waals surface area contributed by atoms with Crippen molar-refractivity contribution in [2.75, 3.05) is 6.61 Å². The van der Waals surface area contributed by atoms with Gasteiger partial charge < -0.3 is 10.8 Å². The highest BCUT2D eigenvalue weighted by atomic mass is 19.2. The van der Waals surface area contributed by atoms with Gasteiger partial charge in [0.2, 0.25) is 0 Å². The maximum Gasteiger partial charge on any atom is 0.163 e. The Hall–Kier alpha value is -1.00. The van der Waals surface area contributed by atoms with E-state index in [4.69, 9.17) is 10.8 Å². The third-order valence-electron chi connectivity index (χ3n) is 1.82. The first-order valence-electron chi connectivity index (χ1n) is 3.97. The summed E-state index contributed by atoms with van der Waals surface area (Å²) < 4.78 is 25.7. The monoisotopic (exact) mass is 187 g/mol. The predicted molar refractivity (Wildman–Crippen MR) is 45.0 cm³/mol. The van der Waals surface area contributed by atoms with Crippen molar-refractivity contribution in [3.8, 4) is 0 Å². The van der Waals surface area contributed by atoms with Crippen molar-refractivity contribution >= 4 is 0 Å². The zero-order chi connectivity index (χ0) is 9.84. The van der Waals surface area contributed by atoms with Crippen molar-refractivity contribution in [3.63, 3.8) is 0 Å². The van der Waals surface area contributed by atoms with Gasteiger partial charge in [0.05, 0.1) is 0 Å². The number of nitrogens with two attached hydrogens (primary N) is 1. The van der Waals surface area contributed by atoms with E-state index in [1.807, 2.05) is 0 Å². The third kappa shape index (κ3) is 2.23. The van der Waals surface area contributed by atoms with Crippen molar-refractivity contribution in [2.45, 2.75) is 12.5 Å². The minimum atomic E-state index is -0.927. The molecule has 0 aliphatic heterocycles. The van der Waals surface area contributed by atoms with Crippen LogP contribution in [-0.4, -0.2) is 11.7 Å². The fourth-order valence-corrected chi connectivity index (χ4v) is 1.10. The Balaban J connectivity index is 2.93. The molecule has 0 fully saturated rings. The van der Waals surface area contributed by atoms with Crippen LogP contribution >= 0.6 is 0 Å². The van der Waals surface area contributed by atoms with Crippen LogP contribution in [0.5, 0.6) is 0 Å². The topological polar surface area (TPSA) is 46.2 Å². The minimum absolute atomic E-state index is 0.106. The Morgan fingerprint density at radius 3 is 2.69 bits per heavy atom. The van der Waals surface area contributed by atoms with Crippen molar-refractivity contribution in [1.82, 2.24) is 0 Å². The molecule has 0 unspecified atom stereocenters. The van der Waals surface area contributed by atoms with Gasteiger partial charge in [-0.15, -0.1) is 0 Å². The second-order valence-corrected chi connectivity index (χ2v) is 2.76. The van der Waals surface area contributed by atoms with Gasteiger partial charge >= 0.3 is 0 Å². The summed E-state index contributed by atoms with van der Waals surface area (Å²) in [5, 5.41) is 8.56. The van der Waals surface area contributed by atoms with E-state index >= 15 is 0 Å². The molecule has 0 spiro atoms. The molecule has 0 aliphatic rings. The average Bonchev–Trinajstić information content (AvgIpc) is 2.10. The van der Waals surface area contributed by atoms with Crippen molar-refractivity contribution in [2.24, 2.45) is 5.73 Å². The molecule has 0 saturated heterocycles. The van der Waals surface area contributed by atoms with E-state index in [1.54, 1.807) is 0 Å². The van der Waals surface area contributed by atoms with Crippen LogP contribution in [-0.2, 0) is 0 Å². The number of benzene rings is 1. The molecule has 0 radical (unpaired) electrons. The van der Waals surface area contributed by atoms with Crippen LogP contribution in [0.3, 0.4) is 0 Å². The number of aliphatic hydroxyl groups is 1. The quantitative estimate of drug-likeness (QED) is 0.750. The van der Waals surface area contributed by atoms with Crippen LogP contribution in [0.15, 0.2) is 18.2 Å². The first kappa shape index (κ1) is 10.1. The lowest BCUT2D eigenvalue weighted by Crippen LogP contribution is -2.14. The summed E-state index contributed by atoms with van der Waals surface area (Å²) in [7, 11) is 0. The molecule has 0 bridgehead atoms. The standard InChI is InChI=1S/C9H11F2NO/c10-7-3-1-2-6(9(7)11)8(12)4-5-13/h1-3,8,13H,4-5,12H2/t8-/m0/s1. The summed E-state index contributed by atoms with van der Waals surface area (Å²) in [5.74, 6) is -1.84. The van der Waals surface area contributed by atoms with Crippen molar-refractivity contribution in [3.05, 3.63) is 35.4 Å². The Bertz CT molecular complexity index is 291. The van der Waals surface area contributed by atoms with Crippen molar-refractivity contribution in [1.29, 1.82) is 0 Å². The van der Waals surface area contributed by atoms with Gasteiger partial charge in [-0.1, -0.05) is 12.1 Å². The van der Waals surface area contributed by atoms with E-state index < -0.39 is 17.7 Å². The SMILES string of the molecule is N[C@@H](CCO)c1cccc(F)c1F. The summed E-state index contributed by atoms with van der Waals surface area (Å²) >= 11 is 0. The van der Waals surface area contributed by atoms with E-state index in [0.29, 0.717) is 0 Å². The molecule has 2 nitrogen and oxygen atoms in total. The summed E-state index contributed by atoms with van der Waals surface area (Å²) in [4.78, 5) is 0. The van der Waals surface area contributed by atoms with Gasteiger partial charge in [0.1, 0.15) is 0 Å². The maximum atomic E-state index is 13.0. The average molecular weight is 187 g/mol. The van der Waals surface area contributed by atoms with Gasteiger partial charge in [0.15, 0.2) is 11.6 Å². The summed E-state index contributed by atoms with van der Waals surface area (Å²) in [5.41, 5.74) is 5.61. The van der Waals surface area contributed by atoms with Gasteiger partial charge in [-0.3, -0.25) is 0 Å². The lowest BCUT2D eigenvalue weighted by molar-refractivity contribution is 0.275. The van der Waals surface area contributed by atoms with E-state index in [-0.39, 0.29) is 18.6 Å². The molecule has 1 rings (SSSR count). The molecule has 13 heavy (non-hydrogen) atoms. The molecule has 0 heterocycles. The fraction of sp³-hybridized carbons (Fsp3) is 0.333. The second-order valence-electron chi connectivity index (χ2n) is 2.76. The summed E-state index contributed by atoms with van der Waals surface area (Å²) in [6, 6.07) is 3.19. The zero-order valence-corrected chi connectivity index (χ0v) is 7.00. The van der Waals surface area contributed by atoms with E-state index in [9.17, 15) is 8.78 Å². The molecular weight excluding hydrogens is 176 g/mol. The first-order chi connectivity index (χ1) is 6.16. The molecule has 0 aromatic heterocycles. The van der Waals surface area contributed by atoms with E-state index in [0.717, 1.165) is 6.07 Å². The highest BCUT2D eigenvalue weighted by Crippen LogP contribution is 2.19. The van der Waals surface area contributed by atoms with Gasteiger partial charge in [0, 0.05) is 18.2 Å². The Labute approximate surface area is 75.0 Å². The number of hydrogen-bond donors (Lipinski definition) is 2. The lowest BCUT2D eigenvalue weighted by Gasteiger charge is -2.11. The van der Waals surface area contributed by atoms with Gasteiger partial charge in [0.25, 0.3) is 0 Å². The van der Waals surface area contributed by atoms with Gasteiger partial charge in [-0.25, -0.2) is 8.78 Å². The van der Waals surface area contributed by atoms with Crippen molar-refractivity contribution < 1.29 is 13.9 Å². The van der Waals surface area contributed by atoms with Crippen LogP contribution < -0.4 is 5.73 Å². The molecular formula is C9H11F2NO. The highest BCUT2D eigenvalue weighted by Gasteiger charge is 2.13. The number of hydrogen-bond acceptors (Lipinski definition) is 2. The molecule has 1 atom stereocenters. The molecule has 0 aliphatic carbocycles. The molecule has 0 amide bonds. The molecule has 3 N–H and O–H groups in total. The largest absolute Gasteiger partial charge is 0.396 e. The van der Waals surface area contributed by atoms with Crippen LogP contribution in [0, 0.1) is 11.6 Å². The molecule has 1 aromatic rings. The van der Waals surface area contributed by atoms with Gasteiger partial charge in [-0.2, -0.15) is 0 Å². The van der Waals surface area contributed by atoms with Crippen LogP contribution in [0.1, 0.15) is 18.0 Å². The van der Waals surface area contributed by atoms with Crippen LogP contribution in [0.25, 0.3) is 0 Å². The number of rotatable bonds is 3. The lowest BCUT2D eigenvalue weighted by atomic mass is 10.0. The van der Waals surface area contributed by atoms with Gasteiger partial charge in [-0.05, 0) is 12.5 Å². The van der Waals surface area contributed by atoms with E-state index in [2.05, 4.69) is 0 Å². The molecule has 72 valence electrons. The minimum Gasteiger partial charge on any atom is -0.396 e. The smallest absolute Gasteiger partial charge is 0.163 e. The predicted octanol–water partition coefficient (Wildman–Crippen LogP) is 1.35. The molecule has 1 aromatic carbocycles. The normalized spacial score (nSPS) is 12.9. The van der Waals surface area contributed by atoms with Crippen LogP contribution in [0.4, 0.5) is 8.78 Å². The maximum absolute atomic E-state index is 13.0. The zero-order valence-electron chi connectivity index (χ0n) is 7.00. The number of aliphatic hydroxyl groups excluding tert-OH is 1. The molecule has 4 heteroatoms. The fourth-order valence-electron chi connectivity index (χ4n) is 1.10. The van der Waals surface area contributed by atoms with E-state index in [1.165, 1.54) is 12.1 Å². The Morgan fingerprint density at radius 2 is 2.08 bits per heavy atom. The summed E-state index contributed by atoms with van der Waals surface area (Å²) in [6.45, 7) is -0.142. The third-order valence-corrected chi connectivity index (χ3v) is 1.82. The highest BCUT2D eigenvalue weighted by molar-refractivity contribution is 5.22. The Kier molecular flexibility index (Phi) is 3.33. The van der Waals surface area contributed by atoms with Crippen LogP contribution in [0.2, 0.25) is 0 Å². The molecule has 0 saturated carbocycles. The first-order valence-corrected chi connectivity index (χ1v) is 3.97. The number of halogens is 2. The second kappa shape index (κ2) is 4.30. The summed E-state index contributed by atoms with van der Waals surface area (Å²) in [6.07, 6.45) is 0.223.